The maximum Gasteiger partial charge on any atom is 0.305 e. The Bertz CT molecular complexity index is 215. The molecule has 0 saturated carbocycles. The van der Waals surface area contributed by atoms with Crippen LogP contribution in [0.3, 0.4) is 0 Å². The lowest BCUT2D eigenvalue weighted by Gasteiger charge is -2.32. The molecule has 0 heterocycles. The van der Waals surface area contributed by atoms with E-state index < -0.39 is 5.97 Å². The summed E-state index contributed by atoms with van der Waals surface area (Å²) in [5, 5.41) is 8.63. The summed E-state index contributed by atoms with van der Waals surface area (Å²) in [7, 11) is 0. The Labute approximate surface area is 92.1 Å². The topological polar surface area (TPSA) is 46.5 Å². The van der Waals surface area contributed by atoms with Crippen LogP contribution in [0, 0.1) is 5.41 Å². The van der Waals surface area contributed by atoms with Gasteiger partial charge in [-0.1, -0.05) is 26.8 Å². The Morgan fingerprint density at radius 3 is 2.40 bits per heavy atom. The van der Waals surface area contributed by atoms with Crippen LogP contribution in [0.5, 0.6) is 0 Å². The second-order valence-electron chi connectivity index (χ2n) is 4.92. The molecule has 0 radical (unpaired) electrons. The van der Waals surface area contributed by atoms with Crippen molar-refractivity contribution >= 4 is 5.97 Å². The summed E-state index contributed by atoms with van der Waals surface area (Å²) in [6, 6.07) is 0. The average Bonchev–Trinajstić information content (AvgIpc) is 2.00. The summed E-state index contributed by atoms with van der Waals surface area (Å²) >= 11 is 0. The van der Waals surface area contributed by atoms with Gasteiger partial charge in [-0.3, -0.25) is 4.79 Å². The number of aliphatic carboxylic acids is 1. The van der Waals surface area contributed by atoms with Crippen molar-refractivity contribution in [2.45, 2.75) is 52.7 Å². The molecule has 0 amide bonds. The van der Waals surface area contributed by atoms with E-state index in [4.69, 9.17) is 9.84 Å². The Kier molecular flexibility index (Phi) is 5.58. The van der Waals surface area contributed by atoms with Crippen molar-refractivity contribution in [1.29, 1.82) is 0 Å². The molecule has 0 bridgehead atoms. The van der Waals surface area contributed by atoms with Gasteiger partial charge in [0.15, 0.2) is 0 Å². The monoisotopic (exact) mass is 214 g/mol. The highest BCUT2D eigenvalue weighted by atomic mass is 16.5. The molecule has 0 aromatic rings. The number of rotatable bonds is 6. The number of hydrogen-bond donors (Lipinski definition) is 1. The van der Waals surface area contributed by atoms with Crippen molar-refractivity contribution in [2.24, 2.45) is 5.41 Å². The van der Waals surface area contributed by atoms with Crippen LogP contribution >= 0.6 is 0 Å². The lowest BCUT2D eigenvalue weighted by atomic mass is 9.87. The smallest absolute Gasteiger partial charge is 0.305 e. The highest BCUT2D eigenvalue weighted by Crippen LogP contribution is 2.26. The Morgan fingerprint density at radius 1 is 1.53 bits per heavy atom. The fourth-order valence-corrected chi connectivity index (χ4v) is 1.34. The maximum atomic E-state index is 10.5. The Hall–Kier alpha value is -0.830. The first kappa shape index (κ1) is 14.2. The van der Waals surface area contributed by atoms with E-state index in [1.54, 1.807) is 6.92 Å². The average molecular weight is 214 g/mol. The van der Waals surface area contributed by atoms with Gasteiger partial charge < -0.3 is 9.84 Å². The molecule has 0 aliphatic rings. The summed E-state index contributed by atoms with van der Waals surface area (Å²) in [5.74, 6) is -0.825. The molecule has 0 aliphatic carbocycles. The van der Waals surface area contributed by atoms with Gasteiger partial charge in [-0.05, 0) is 18.8 Å². The van der Waals surface area contributed by atoms with Gasteiger partial charge in [0.1, 0.15) is 0 Å². The predicted molar refractivity (Wildman–Crippen MR) is 60.9 cm³/mol. The summed E-state index contributed by atoms with van der Waals surface area (Å²) in [5.41, 5.74) is 0.000946. The minimum atomic E-state index is -0.825. The molecule has 0 fully saturated rings. The molecule has 0 aliphatic heterocycles. The number of hydrogen-bond acceptors (Lipinski definition) is 2. The van der Waals surface area contributed by atoms with Crippen molar-refractivity contribution in [2.75, 3.05) is 0 Å². The van der Waals surface area contributed by atoms with Crippen molar-refractivity contribution in [1.82, 2.24) is 0 Å². The molecule has 3 nitrogen and oxygen atoms in total. The van der Waals surface area contributed by atoms with Crippen LogP contribution in [0.25, 0.3) is 0 Å². The van der Waals surface area contributed by atoms with Gasteiger partial charge in [0.2, 0.25) is 0 Å². The second kappa shape index (κ2) is 5.91. The standard InChI is InChI=1S/C12H22O3/c1-6-7-10(12(3,4)5)15-9(2)8-11(13)14/h6,9-10H,1,7-8H2,2-5H3,(H,13,14). The summed E-state index contributed by atoms with van der Waals surface area (Å²) in [6.45, 7) is 11.7. The fourth-order valence-electron chi connectivity index (χ4n) is 1.34. The van der Waals surface area contributed by atoms with Crippen molar-refractivity contribution in [3.05, 3.63) is 12.7 Å². The van der Waals surface area contributed by atoms with Crippen LogP contribution in [0.1, 0.15) is 40.5 Å². The van der Waals surface area contributed by atoms with Gasteiger partial charge in [0.05, 0.1) is 18.6 Å². The third-order valence-electron chi connectivity index (χ3n) is 2.21. The van der Waals surface area contributed by atoms with E-state index in [1.807, 2.05) is 6.08 Å². The number of ether oxygens (including phenoxy) is 1. The zero-order valence-corrected chi connectivity index (χ0v) is 10.1. The molecular weight excluding hydrogens is 192 g/mol. The molecule has 0 aromatic carbocycles. The van der Waals surface area contributed by atoms with Gasteiger partial charge >= 0.3 is 5.97 Å². The molecular formula is C12H22O3. The van der Waals surface area contributed by atoms with Crippen LogP contribution < -0.4 is 0 Å². The highest BCUT2D eigenvalue weighted by Gasteiger charge is 2.26. The van der Waals surface area contributed by atoms with Gasteiger partial charge in [-0.15, -0.1) is 6.58 Å². The quantitative estimate of drug-likeness (QED) is 0.691. The van der Waals surface area contributed by atoms with E-state index in [9.17, 15) is 4.79 Å². The zero-order chi connectivity index (χ0) is 12.1. The number of carboxylic acids is 1. The minimum absolute atomic E-state index is 0.000946. The van der Waals surface area contributed by atoms with Crippen LogP contribution in [0.4, 0.5) is 0 Å². The first-order valence-corrected chi connectivity index (χ1v) is 5.25. The summed E-state index contributed by atoms with van der Waals surface area (Å²) in [6.07, 6.45) is 2.36. The van der Waals surface area contributed by atoms with Crippen LogP contribution in [-0.2, 0) is 9.53 Å². The molecule has 1 N–H and O–H groups in total. The van der Waals surface area contributed by atoms with Crippen molar-refractivity contribution in [3.8, 4) is 0 Å². The Balaban J connectivity index is 4.28. The van der Waals surface area contributed by atoms with Gasteiger partial charge in [-0.2, -0.15) is 0 Å². The largest absolute Gasteiger partial charge is 0.481 e. The van der Waals surface area contributed by atoms with Crippen LogP contribution in [-0.4, -0.2) is 23.3 Å². The molecule has 15 heavy (non-hydrogen) atoms. The first-order chi connectivity index (χ1) is 6.77. The normalized spacial score (nSPS) is 15.7. The predicted octanol–water partition coefficient (Wildman–Crippen LogP) is 2.86. The van der Waals surface area contributed by atoms with Crippen LogP contribution in [0.15, 0.2) is 12.7 Å². The minimum Gasteiger partial charge on any atom is -0.481 e. The van der Waals surface area contributed by atoms with E-state index in [-0.39, 0.29) is 24.0 Å². The third kappa shape index (κ3) is 6.28. The second-order valence-corrected chi connectivity index (χ2v) is 4.92. The van der Waals surface area contributed by atoms with E-state index >= 15 is 0 Å². The molecule has 0 saturated heterocycles. The van der Waals surface area contributed by atoms with Crippen LogP contribution in [0.2, 0.25) is 0 Å². The molecule has 0 aromatic heterocycles. The van der Waals surface area contributed by atoms with E-state index in [0.29, 0.717) is 0 Å². The van der Waals surface area contributed by atoms with Gasteiger partial charge in [0.25, 0.3) is 0 Å². The molecule has 2 unspecified atom stereocenters. The highest BCUT2D eigenvalue weighted by molar-refractivity contribution is 5.67. The molecule has 0 rings (SSSR count). The van der Waals surface area contributed by atoms with Crippen molar-refractivity contribution in [3.63, 3.8) is 0 Å². The Morgan fingerprint density at radius 2 is 2.07 bits per heavy atom. The number of carbonyl (C=O) groups is 1. The van der Waals surface area contributed by atoms with Gasteiger partial charge in [-0.25, -0.2) is 0 Å². The summed E-state index contributed by atoms with van der Waals surface area (Å²) < 4.78 is 5.71. The van der Waals surface area contributed by atoms with Crippen molar-refractivity contribution < 1.29 is 14.6 Å². The maximum absolute atomic E-state index is 10.5. The summed E-state index contributed by atoms with van der Waals surface area (Å²) in [4.78, 5) is 10.5. The third-order valence-corrected chi connectivity index (χ3v) is 2.21. The molecule has 2 atom stereocenters. The van der Waals surface area contributed by atoms with E-state index in [0.717, 1.165) is 6.42 Å². The molecule has 88 valence electrons. The van der Waals surface area contributed by atoms with E-state index in [2.05, 4.69) is 27.4 Å². The van der Waals surface area contributed by atoms with E-state index in [1.165, 1.54) is 0 Å². The number of carboxylic acid groups (broad SMARTS) is 1. The fraction of sp³-hybridized carbons (Fsp3) is 0.750. The molecule has 3 heteroatoms. The van der Waals surface area contributed by atoms with Gasteiger partial charge in [0, 0.05) is 0 Å². The zero-order valence-electron chi connectivity index (χ0n) is 10.1. The SMILES string of the molecule is C=CCC(OC(C)CC(=O)O)C(C)(C)C. The lowest BCUT2D eigenvalue weighted by molar-refractivity contribution is -0.142. The lowest BCUT2D eigenvalue weighted by Crippen LogP contribution is -2.32. The molecule has 0 spiro atoms. The first-order valence-electron chi connectivity index (χ1n) is 5.25.